The summed E-state index contributed by atoms with van der Waals surface area (Å²) in [5.74, 6) is 2.03. The summed E-state index contributed by atoms with van der Waals surface area (Å²) < 4.78 is 15.7. The van der Waals surface area contributed by atoms with Crippen LogP contribution in [0.2, 0.25) is 0 Å². The number of ether oxygens (including phenoxy) is 3. The SMILES string of the molecule is COCCNC(C)C(C)c1ccc(OC)cc1OC. The molecule has 108 valence electrons. The number of nitrogens with one attached hydrogen (secondary N) is 1. The third-order valence-electron chi connectivity index (χ3n) is 3.45. The van der Waals surface area contributed by atoms with Crippen LogP contribution in [0.4, 0.5) is 0 Å². The normalized spacial score (nSPS) is 13.9. The van der Waals surface area contributed by atoms with E-state index in [-0.39, 0.29) is 0 Å². The van der Waals surface area contributed by atoms with Crippen LogP contribution in [0.15, 0.2) is 18.2 Å². The molecule has 1 rings (SSSR count). The summed E-state index contributed by atoms with van der Waals surface area (Å²) in [6.45, 7) is 5.93. The number of benzene rings is 1. The lowest BCUT2D eigenvalue weighted by molar-refractivity contribution is 0.195. The van der Waals surface area contributed by atoms with E-state index < -0.39 is 0 Å². The Hall–Kier alpha value is -1.26. The molecule has 0 heterocycles. The van der Waals surface area contributed by atoms with Gasteiger partial charge in [0.1, 0.15) is 11.5 Å². The molecule has 19 heavy (non-hydrogen) atoms. The van der Waals surface area contributed by atoms with Gasteiger partial charge in [0.25, 0.3) is 0 Å². The van der Waals surface area contributed by atoms with Crippen LogP contribution in [0.1, 0.15) is 25.3 Å². The highest BCUT2D eigenvalue weighted by molar-refractivity contribution is 5.43. The highest BCUT2D eigenvalue weighted by atomic mass is 16.5. The van der Waals surface area contributed by atoms with Gasteiger partial charge < -0.3 is 19.5 Å². The van der Waals surface area contributed by atoms with Crippen LogP contribution in [0.3, 0.4) is 0 Å². The molecule has 0 saturated carbocycles. The highest BCUT2D eigenvalue weighted by Crippen LogP contribution is 2.32. The van der Waals surface area contributed by atoms with E-state index >= 15 is 0 Å². The van der Waals surface area contributed by atoms with Crippen molar-refractivity contribution in [3.8, 4) is 11.5 Å². The van der Waals surface area contributed by atoms with Gasteiger partial charge in [-0.1, -0.05) is 13.0 Å². The fraction of sp³-hybridized carbons (Fsp3) is 0.600. The standard InChI is InChI=1S/C15H25NO3/c1-11(12(2)16-8-9-17-3)14-7-6-13(18-4)10-15(14)19-5/h6-7,10-12,16H,8-9H2,1-5H3. The zero-order valence-electron chi connectivity index (χ0n) is 12.5. The number of methoxy groups -OCH3 is 3. The van der Waals surface area contributed by atoms with Crippen LogP contribution in [0.5, 0.6) is 11.5 Å². The lowest BCUT2D eigenvalue weighted by Gasteiger charge is -2.23. The van der Waals surface area contributed by atoms with Gasteiger partial charge in [-0.25, -0.2) is 0 Å². The molecule has 0 aliphatic rings. The summed E-state index contributed by atoms with van der Waals surface area (Å²) in [5, 5.41) is 3.45. The van der Waals surface area contributed by atoms with Crippen molar-refractivity contribution in [1.29, 1.82) is 0 Å². The number of rotatable bonds is 8. The van der Waals surface area contributed by atoms with Crippen molar-refractivity contribution < 1.29 is 14.2 Å². The van der Waals surface area contributed by atoms with Gasteiger partial charge in [0.05, 0.1) is 20.8 Å². The molecule has 0 aliphatic heterocycles. The van der Waals surface area contributed by atoms with E-state index in [0.29, 0.717) is 12.0 Å². The van der Waals surface area contributed by atoms with Crippen LogP contribution in [0, 0.1) is 0 Å². The molecule has 2 unspecified atom stereocenters. The van der Waals surface area contributed by atoms with Gasteiger partial charge in [0, 0.05) is 25.8 Å². The Kier molecular flexibility index (Phi) is 6.67. The molecular formula is C15H25NO3. The van der Waals surface area contributed by atoms with Crippen LogP contribution in [0.25, 0.3) is 0 Å². The summed E-state index contributed by atoms with van der Waals surface area (Å²) in [6.07, 6.45) is 0. The highest BCUT2D eigenvalue weighted by Gasteiger charge is 2.18. The maximum atomic E-state index is 5.45. The van der Waals surface area contributed by atoms with Crippen LogP contribution < -0.4 is 14.8 Å². The fourth-order valence-electron chi connectivity index (χ4n) is 2.03. The Morgan fingerprint density at radius 1 is 1.11 bits per heavy atom. The molecule has 0 saturated heterocycles. The van der Waals surface area contributed by atoms with Crippen molar-refractivity contribution in [3.05, 3.63) is 23.8 Å². The molecule has 2 atom stereocenters. The topological polar surface area (TPSA) is 39.7 Å². The van der Waals surface area contributed by atoms with E-state index in [0.717, 1.165) is 24.7 Å². The van der Waals surface area contributed by atoms with Crippen molar-refractivity contribution in [3.63, 3.8) is 0 Å². The van der Waals surface area contributed by atoms with Crippen LogP contribution >= 0.6 is 0 Å². The predicted octanol–water partition coefficient (Wildman–Crippen LogP) is 2.43. The average Bonchev–Trinajstić information content (AvgIpc) is 2.45. The van der Waals surface area contributed by atoms with Crippen molar-refractivity contribution in [2.24, 2.45) is 0 Å². The van der Waals surface area contributed by atoms with Gasteiger partial charge >= 0.3 is 0 Å². The molecule has 1 aromatic carbocycles. The maximum absolute atomic E-state index is 5.45. The minimum atomic E-state index is 0.345. The van der Waals surface area contributed by atoms with E-state index in [1.165, 1.54) is 5.56 Å². The van der Waals surface area contributed by atoms with Gasteiger partial charge in [0.15, 0.2) is 0 Å². The smallest absolute Gasteiger partial charge is 0.126 e. The third-order valence-corrected chi connectivity index (χ3v) is 3.45. The van der Waals surface area contributed by atoms with Crippen LogP contribution in [-0.4, -0.2) is 40.5 Å². The second-order valence-corrected chi connectivity index (χ2v) is 4.63. The zero-order chi connectivity index (χ0) is 14.3. The molecule has 0 bridgehead atoms. The average molecular weight is 267 g/mol. The number of hydrogen-bond donors (Lipinski definition) is 1. The lowest BCUT2D eigenvalue weighted by atomic mass is 9.93. The largest absolute Gasteiger partial charge is 0.497 e. The Morgan fingerprint density at radius 3 is 2.42 bits per heavy atom. The van der Waals surface area contributed by atoms with Crippen molar-refractivity contribution >= 4 is 0 Å². The van der Waals surface area contributed by atoms with Crippen molar-refractivity contribution in [1.82, 2.24) is 5.32 Å². The first-order valence-electron chi connectivity index (χ1n) is 6.58. The molecule has 4 nitrogen and oxygen atoms in total. The van der Waals surface area contributed by atoms with Gasteiger partial charge in [-0.15, -0.1) is 0 Å². The summed E-state index contributed by atoms with van der Waals surface area (Å²) in [4.78, 5) is 0. The maximum Gasteiger partial charge on any atom is 0.126 e. The lowest BCUT2D eigenvalue weighted by Crippen LogP contribution is -2.33. The van der Waals surface area contributed by atoms with Gasteiger partial charge in [-0.2, -0.15) is 0 Å². The quantitative estimate of drug-likeness (QED) is 0.734. The minimum absolute atomic E-state index is 0.345. The van der Waals surface area contributed by atoms with Gasteiger partial charge in [-0.05, 0) is 24.5 Å². The van der Waals surface area contributed by atoms with E-state index in [1.54, 1.807) is 21.3 Å². The van der Waals surface area contributed by atoms with Crippen molar-refractivity contribution in [2.75, 3.05) is 34.5 Å². The zero-order valence-corrected chi connectivity index (χ0v) is 12.5. The molecule has 0 radical (unpaired) electrons. The van der Waals surface area contributed by atoms with E-state index in [1.807, 2.05) is 12.1 Å². The molecule has 0 aromatic heterocycles. The second kappa shape index (κ2) is 8.02. The summed E-state index contributed by atoms with van der Waals surface area (Å²) in [5.41, 5.74) is 1.18. The molecule has 0 fully saturated rings. The summed E-state index contributed by atoms with van der Waals surface area (Å²) in [7, 11) is 5.06. The minimum Gasteiger partial charge on any atom is -0.497 e. The molecule has 0 amide bonds. The molecule has 1 N–H and O–H groups in total. The first kappa shape index (κ1) is 15.8. The second-order valence-electron chi connectivity index (χ2n) is 4.63. The van der Waals surface area contributed by atoms with E-state index in [9.17, 15) is 0 Å². The Labute approximate surface area is 116 Å². The molecule has 1 aromatic rings. The Morgan fingerprint density at radius 2 is 1.84 bits per heavy atom. The van der Waals surface area contributed by atoms with Crippen molar-refractivity contribution in [2.45, 2.75) is 25.8 Å². The summed E-state index contributed by atoms with van der Waals surface area (Å²) >= 11 is 0. The Balaban J connectivity index is 2.77. The Bertz CT molecular complexity index is 382. The fourth-order valence-corrected chi connectivity index (χ4v) is 2.03. The third kappa shape index (κ3) is 4.40. The van der Waals surface area contributed by atoms with E-state index in [4.69, 9.17) is 14.2 Å². The molecule has 0 aliphatic carbocycles. The van der Waals surface area contributed by atoms with E-state index in [2.05, 4.69) is 25.2 Å². The van der Waals surface area contributed by atoms with Gasteiger partial charge in [-0.3, -0.25) is 0 Å². The first-order valence-corrected chi connectivity index (χ1v) is 6.58. The predicted molar refractivity (Wildman–Crippen MR) is 77.3 cm³/mol. The summed E-state index contributed by atoms with van der Waals surface area (Å²) in [6, 6.07) is 6.30. The molecule has 0 spiro atoms. The molecular weight excluding hydrogens is 242 g/mol. The van der Waals surface area contributed by atoms with Crippen LogP contribution in [-0.2, 0) is 4.74 Å². The monoisotopic (exact) mass is 267 g/mol. The number of hydrogen-bond acceptors (Lipinski definition) is 4. The van der Waals surface area contributed by atoms with Gasteiger partial charge in [0.2, 0.25) is 0 Å². The molecule has 4 heteroatoms. The first-order chi connectivity index (χ1) is 9.13.